The van der Waals surface area contributed by atoms with Crippen molar-refractivity contribution in [1.82, 2.24) is 15.2 Å². The Kier molecular flexibility index (Phi) is 6.71. The number of carbonyl (C=O) groups is 2. The molecule has 0 unspecified atom stereocenters. The Balaban J connectivity index is 1.49. The van der Waals surface area contributed by atoms with Gasteiger partial charge in [-0.05, 0) is 42.2 Å². The van der Waals surface area contributed by atoms with Gasteiger partial charge in [0.1, 0.15) is 0 Å². The first-order valence-electron chi connectivity index (χ1n) is 9.34. The number of fused-ring (bicyclic) bond motifs is 1. The molecule has 0 saturated carbocycles. The second-order valence-electron chi connectivity index (χ2n) is 6.78. The van der Waals surface area contributed by atoms with Crippen LogP contribution in [0.4, 0.5) is 0 Å². The van der Waals surface area contributed by atoms with E-state index in [1.54, 1.807) is 4.90 Å². The van der Waals surface area contributed by atoms with Crippen molar-refractivity contribution in [3.05, 3.63) is 70.9 Å². The molecule has 146 valence electrons. The summed E-state index contributed by atoms with van der Waals surface area (Å²) in [4.78, 5) is 29.0. The van der Waals surface area contributed by atoms with Crippen LogP contribution in [-0.4, -0.2) is 41.3 Å². The highest BCUT2D eigenvalue weighted by atomic mass is 35.5. The van der Waals surface area contributed by atoms with Crippen LogP contribution in [0.1, 0.15) is 18.1 Å². The molecule has 0 aliphatic carbocycles. The molecule has 0 fully saturated rings. The molecule has 0 radical (unpaired) electrons. The van der Waals surface area contributed by atoms with Crippen LogP contribution in [0.25, 0.3) is 10.9 Å². The summed E-state index contributed by atoms with van der Waals surface area (Å²) in [6.07, 6.45) is 3.38. The fraction of sp³-hybridized carbons (Fsp3) is 0.273. The van der Waals surface area contributed by atoms with E-state index in [0.29, 0.717) is 24.5 Å². The number of rotatable bonds is 8. The maximum Gasteiger partial charge on any atom is 0.239 e. The molecule has 0 atom stereocenters. The Labute approximate surface area is 169 Å². The van der Waals surface area contributed by atoms with E-state index in [1.165, 1.54) is 6.92 Å². The Hall–Kier alpha value is -2.79. The molecule has 3 aromatic rings. The first kappa shape index (κ1) is 20.0. The maximum atomic E-state index is 12.2. The number of hydrogen-bond acceptors (Lipinski definition) is 2. The fourth-order valence-corrected chi connectivity index (χ4v) is 3.29. The van der Waals surface area contributed by atoms with Crippen LogP contribution in [-0.2, 0) is 22.4 Å². The monoisotopic (exact) mass is 397 g/mol. The quantitative estimate of drug-likeness (QED) is 0.610. The van der Waals surface area contributed by atoms with E-state index in [0.717, 1.165) is 28.5 Å². The third-order valence-electron chi connectivity index (χ3n) is 4.75. The lowest BCUT2D eigenvalue weighted by atomic mass is 10.1. The van der Waals surface area contributed by atoms with Gasteiger partial charge in [0.15, 0.2) is 0 Å². The van der Waals surface area contributed by atoms with Crippen LogP contribution in [0.15, 0.2) is 54.7 Å². The van der Waals surface area contributed by atoms with Crippen molar-refractivity contribution in [2.45, 2.75) is 19.8 Å². The summed E-state index contributed by atoms with van der Waals surface area (Å²) in [6.45, 7) is 2.59. The average Bonchev–Trinajstić information content (AvgIpc) is 3.09. The van der Waals surface area contributed by atoms with Crippen molar-refractivity contribution in [3.8, 4) is 0 Å². The Morgan fingerprint density at radius 2 is 1.82 bits per heavy atom. The molecule has 0 aliphatic heterocycles. The van der Waals surface area contributed by atoms with Gasteiger partial charge in [-0.2, -0.15) is 0 Å². The SMILES string of the molecule is CC(=O)N(CCc1c[nH]c2ccccc12)CC(=O)NCCc1ccc(Cl)cc1. The Morgan fingerprint density at radius 1 is 1.07 bits per heavy atom. The van der Waals surface area contributed by atoms with E-state index in [4.69, 9.17) is 11.6 Å². The number of para-hydroxylation sites is 1. The van der Waals surface area contributed by atoms with Crippen molar-refractivity contribution in [2.75, 3.05) is 19.6 Å². The molecule has 0 bridgehead atoms. The zero-order chi connectivity index (χ0) is 19.9. The summed E-state index contributed by atoms with van der Waals surface area (Å²) >= 11 is 5.87. The average molecular weight is 398 g/mol. The van der Waals surface area contributed by atoms with Crippen molar-refractivity contribution < 1.29 is 9.59 Å². The number of H-pyrrole nitrogens is 1. The molecule has 1 heterocycles. The smallest absolute Gasteiger partial charge is 0.239 e. The van der Waals surface area contributed by atoms with Crippen molar-refractivity contribution in [1.29, 1.82) is 0 Å². The number of nitrogens with one attached hydrogen (secondary N) is 2. The van der Waals surface area contributed by atoms with E-state index in [9.17, 15) is 9.59 Å². The van der Waals surface area contributed by atoms with Crippen LogP contribution in [0, 0.1) is 0 Å². The number of nitrogens with zero attached hydrogens (tertiary/aromatic N) is 1. The summed E-state index contributed by atoms with van der Waals surface area (Å²) in [5.74, 6) is -0.254. The second kappa shape index (κ2) is 9.42. The van der Waals surface area contributed by atoms with Gasteiger partial charge < -0.3 is 15.2 Å². The van der Waals surface area contributed by atoms with Crippen LogP contribution >= 0.6 is 11.6 Å². The van der Waals surface area contributed by atoms with E-state index in [-0.39, 0.29) is 18.4 Å². The molecular formula is C22H24ClN3O2. The standard InChI is InChI=1S/C22H24ClN3O2/c1-16(27)26(13-11-18-14-25-21-5-3-2-4-20(18)21)15-22(28)24-12-10-17-6-8-19(23)9-7-17/h2-9,14,25H,10-13,15H2,1H3,(H,24,28). The predicted octanol–water partition coefficient (Wildman–Crippen LogP) is 3.57. The van der Waals surface area contributed by atoms with Gasteiger partial charge in [0.2, 0.25) is 11.8 Å². The molecule has 1 aromatic heterocycles. The highest BCUT2D eigenvalue weighted by Gasteiger charge is 2.14. The first-order chi connectivity index (χ1) is 13.5. The second-order valence-corrected chi connectivity index (χ2v) is 7.21. The fourth-order valence-electron chi connectivity index (χ4n) is 3.17. The largest absolute Gasteiger partial charge is 0.361 e. The minimum absolute atomic E-state index is 0.0678. The summed E-state index contributed by atoms with van der Waals surface area (Å²) in [5.41, 5.74) is 3.32. The number of amides is 2. The lowest BCUT2D eigenvalue weighted by Gasteiger charge is -2.20. The summed E-state index contributed by atoms with van der Waals surface area (Å²) < 4.78 is 0. The molecule has 6 heteroatoms. The predicted molar refractivity (Wildman–Crippen MR) is 112 cm³/mol. The van der Waals surface area contributed by atoms with Crippen molar-refractivity contribution in [2.24, 2.45) is 0 Å². The first-order valence-corrected chi connectivity index (χ1v) is 9.72. The van der Waals surface area contributed by atoms with Gasteiger partial charge in [-0.1, -0.05) is 41.9 Å². The number of hydrogen-bond donors (Lipinski definition) is 2. The third-order valence-corrected chi connectivity index (χ3v) is 5.01. The van der Waals surface area contributed by atoms with Gasteiger partial charge in [0, 0.05) is 42.1 Å². The summed E-state index contributed by atoms with van der Waals surface area (Å²) in [6, 6.07) is 15.6. The zero-order valence-electron chi connectivity index (χ0n) is 15.9. The molecule has 0 saturated heterocycles. The maximum absolute atomic E-state index is 12.2. The lowest BCUT2D eigenvalue weighted by molar-refractivity contribution is -0.134. The molecular weight excluding hydrogens is 374 g/mol. The van der Waals surface area contributed by atoms with Crippen LogP contribution in [0.5, 0.6) is 0 Å². The van der Waals surface area contributed by atoms with E-state index in [2.05, 4.69) is 16.4 Å². The van der Waals surface area contributed by atoms with Crippen LogP contribution in [0.2, 0.25) is 5.02 Å². The molecule has 3 rings (SSSR count). The molecule has 5 nitrogen and oxygen atoms in total. The van der Waals surface area contributed by atoms with E-state index in [1.807, 2.05) is 48.7 Å². The number of halogens is 1. The van der Waals surface area contributed by atoms with E-state index >= 15 is 0 Å². The normalized spacial score (nSPS) is 10.8. The van der Waals surface area contributed by atoms with Crippen molar-refractivity contribution >= 4 is 34.3 Å². The van der Waals surface area contributed by atoms with Gasteiger partial charge in [0.25, 0.3) is 0 Å². The van der Waals surface area contributed by atoms with Gasteiger partial charge >= 0.3 is 0 Å². The molecule has 2 aromatic carbocycles. The molecule has 2 amide bonds. The molecule has 2 N–H and O–H groups in total. The number of carbonyl (C=O) groups excluding carboxylic acids is 2. The van der Waals surface area contributed by atoms with Gasteiger partial charge in [-0.15, -0.1) is 0 Å². The molecule has 28 heavy (non-hydrogen) atoms. The highest BCUT2D eigenvalue weighted by molar-refractivity contribution is 6.30. The van der Waals surface area contributed by atoms with Crippen molar-refractivity contribution in [3.63, 3.8) is 0 Å². The highest BCUT2D eigenvalue weighted by Crippen LogP contribution is 2.18. The Morgan fingerprint density at radius 3 is 2.57 bits per heavy atom. The van der Waals surface area contributed by atoms with Crippen LogP contribution < -0.4 is 5.32 Å². The minimum Gasteiger partial charge on any atom is -0.361 e. The van der Waals surface area contributed by atoms with Gasteiger partial charge in [0.05, 0.1) is 6.54 Å². The third kappa shape index (κ3) is 5.36. The van der Waals surface area contributed by atoms with Crippen LogP contribution in [0.3, 0.4) is 0 Å². The number of aromatic amines is 1. The minimum atomic E-state index is -0.150. The molecule has 0 aliphatic rings. The summed E-state index contributed by atoms with van der Waals surface area (Å²) in [7, 11) is 0. The molecule has 0 spiro atoms. The van der Waals surface area contributed by atoms with Gasteiger partial charge in [-0.25, -0.2) is 0 Å². The lowest BCUT2D eigenvalue weighted by Crippen LogP contribution is -2.41. The topological polar surface area (TPSA) is 65.2 Å². The number of benzene rings is 2. The number of aromatic nitrogens is 1. The van der Waals surface area contributed by atoms with Gasteiger partial charge in [-0.3, -0.25) is 9.59 Å². The van der Waals surface area contributed by atoms with E-state index < -0.39 is 0 Å². The summed E-state index contributed by atoms with van der Waals surface area (Å²) in [5, 5.41) is 4.73. The zero-order valence-corrected chi connectivity index (χ0v) is 16.6. The Bertz CT molecular complexity index is 950.